The zero-order chi connectivity index (χ0) is 13.9. The Morgan fingerprint density at radius 3 is 1.26 bits per heavy atom. The van der Waals surface area contributed by atoms with Gasteiger partial charge in [-0.05, 0) is 0 Å². The van der Waals surface area contributed by atoms with Gasteiger partial charge in [0.15, 0.2) is 0 Å². The van der Waals surface area contributed by atoms with E-state index in [0.717, 1.165) is 18.7 Å². The van der Waals surface area contributed by atoms with Crippen LogP contribution >= 0.6 is 17.8 Å². The van der Waals surface area contributed by atoms with Gasteiger partial charge in [-0.25, -0.2) is 0 Å². The number of halogens is 2. The van der Waals surface area contributed by atoms with Gasteiger partial charge in [0.1, 0.15) is 0 Å². The van der Waals surface area contributed by atoms with Crippen molar-refractivity contribution in [2.75, 3.05) is 14.2 Å². The predicted molar refractivity (Wildman–Crippen MR) is 82.7 cm³/mol. The van der Waals surface area contributed by atoms with Crippen LogP contribution in [0.15, 0.2) is 48.5 Å². The molecule has 0 aliphatic rings. The summed E-state index contributed by atoms with van der Waals surface area (Å²) in [6, 6.07) is 15.3. The summed E-state index contributed by atoms with van der Waals surface area (Å²) in [6.07, 6.45) is 0. The van der Waals surface area contributed by atoms with Gasteiger partial charge in [-0.2, -0.15) is 0 Å². The van der Waals surface area contributed by atoms with Crippen molar-refractivity contribution in [3.63, 3.8) is 0 Å². The summed E-state index contributed by atoms with van der Waals surface area (Å²) in [6.45, 7) is 0. The van der Waals surface area contributed by atoms with E-state index >= 15 is 0 Å². The van der Waals surface area contributed by atoms with E-state index < -0.39 is 16.1 Å². The topological polar surface area (TPSA) is 18.5 Å². The summed E-state index contributed by atoms with van der Waals surface area (Å²) in [5.74, 6) is 1.60. The molecule has 0 radical (unpaired) electrons. The Balaban J connectivity index is 2.33. The number of benzene rings is 2. The molecule has 0 N–H and O–H groups in total. The van der Waals surface area contributed by atoms with Crippen molar-refractivity contribution in [3.8, 4) is 11.5 Å². The SMILES string of the molecule is COc1cc[c]([Sn]([Cl])([Cl])[c]2ccc(OC)cc2)cc1. The minimum atomic E-state index is -3.51. The molecule has 0 bridgehead atoms. The Labute approximate surface area is 124 Å². The van der Waals surface area contributed by atoms with Crippen LogP contribution in [0.4, 0.5) is 0 Å². The van der Waals surface area contributed by atoms with Gasteiger partial charge in [-0.15, -0.1) is 0 Å². The molecule has 2 aromatic carbocycles. The van der Waals surface area contributed by atoms with Gasteiger partial charge < -0.3 is 0 Å². The molecule has 0 unspecified atom stereocenters. The fraction of sp³-hybridized carbons (Fsp3) is 0.143. The molecule has 2 aromatic rings. The van der Waals surface area contributed by atoms with Crippen molar-refractivity contribution in [1.82, 2.24) is 0 Å². The van der Waals surface area contributed by atoms with E-state index in [2.05, 4.69) is 0 Å². The zero-order valence-corrected chi connectivity index (χ0v) is 15.1. The summed E-state index contributed by atoms with van der Waals surface area (Å²) in [5, 5.41) is 0. The van der Waals surface area contributed by atoms with Crippen LogP contribution in [0.5, 0.6) is 11.5 Å². The van der Waals surface area contributed by atoms with E-state index in [1.165, 1.54) is 0 Å². The van der Waals surface area contributed by atoms with E-state index in [1.807, 2.05) is 48.5 Å². The molecule has 0 aromatic heterocycles. The van der Waals surface area contributed by atoms with Crippen LogP contribution in [0.3, 0.4) is 0 Å². The Bertz CT molecular complexity index is 489. The summed E-state index contributed by atoms with van der Waals surface area (Å²) in [4.78, 5) is 0. The Hall–Kier alpha value is -0.581. The van der Waals surface area contributed by atoms with Gasteiger partial charge in [0.25, 0.3) is 0 Å². The Morgan fingerprint density at radius 1 is 0.684 bits per heavy atom. The molecule has 100 valence electrons. The third-order valence-electron chi connectivity index (χ3n) is 2.91. The first-order valence-corrected chi connectivity index (χ1v) is 15.8. The first-order valence-electron chi connectivity index (χ1n) is 5.75. The van der Waals surface area contributed by atoms with Gasteiger partial charge in [0.05, 0.1) is 0 Å². The number of ether oxygens (including phenoxy) is 2. The van der Waals surface area contributed by atoms with E-state index in [0.29, 0.717) is 0 Å². The Kier molecular flexibility index (Phi) is 4.87. The van der Waals surface area contributed by atoms with Gasteiger partial charge in [-0.1, -0.05) is 0 Å². The molecule has 0 spiro atoms. The molecular formula is C14H14Cl2O2Sn. The van der Waals surface area contributed by atoms with E-state index in [4.69, 9.17) is 27.3 Å². The van der Waals surface area contributed by atoms with Crippen LogP contribution in [0, 0.1) is 0 Å². The van der Waals surface area contributed by atoms with Crippen molar-refractivity contribution in [3.05, 3.63) is 48.5 Å². The third-order valence-corrected chi connectivity index (χ3v) is 14.8. The first kappa shape index (κ1) is 14.8. The van der Waals surface area contributed by atoms with Gasteiger partial charge >= 0.3 is 125 Å². The second-order valence-corrected chi connectivity index (χ2v) is 19.5. The van der Waals surface area contributed by atoms with E-state index in [9.17, 15) is 0 Å². The molecule has 0 amide bonds. The number of rotatable bonds is 4. The van der Waals surface area contributed by atoms with E-state index in [-0.39, 0.29) is 0 Å². The maximum atomic E-state index is 6.67. The average molecular weight is 404 g/mol. The van der Waals surface area contributed by atoms with Crippen LogP contribution in [0.2, 0.25) is 0 Å². The fourth-order valence-electron chi connectivity index (χ4n) is 1.77. The van der Waals surface area contributed by atoms with Gasteiger partial charge in [-0.3, -0.25) is 0 Å². The molecule has 5 heteroatoms. The summed E-state index contributed by atoms with van der Waals surface area (Å²) in [7, 11) is 16.6. The molecule has 0 atom stereocenters. The van der Waals surface area contributed by atoms with Crippen molar-refractivity contribution < 1.29 is 9.47 Å². The van der Waals surface area contributed by atoms with Crippen LogP contribution in [0.25, 0.3) is 0 Å². The van der Waals surface area contributed by atoms with Crippen molar-refractivity contribution in [2.24, 2.45) is 0 Å². The maximum absolute atomic E-state index is 6.67. The summed E-state index contributed by atoms with van der Waals surface area (Å²) < 4.78 is 12.3. The van der Waals surface area contributed by atoms with Crippen LogP contribution in [-0.2, 0) is 0 Å². The number of methoxy groups -OCH3 is 2. The van der Waals surface area contributed by atoms with Crippen molar-refractivity contribution >= 4 is 41.1 Å². The quantitative estimate of drug-likeness (QED) is 0.731. The molecule has 0 aliphatic carbocycles. The fourth-order valence-corrected chi connectivity index (χ4v) is 9.44. The monoisotopic (exact) mass is 404 g/mol. The molecule has 2 rings (SSSR count). The molecule has 0 aliphatic heterocycles. The van der Waals surface area contributed by atoms with Crippen molar-refractivity contribution in [2.45, 2.75) is 0 Å². The van der Waals surface area contributed by atoms with E-state index in [1.54, 1.807) is 14.2 Å². The molecular weight excluding hydrogens is 390 g/mol. The molecule has 0 fully saturated rings. The predicted octanol–water partition coefficient (Wildman–Crippen LogP) is 2.74. The number of hydrogen-bond acceptors (Lipinski definition) is 2. The molecule has 19 heavy (non-hydrogen) atoms. The minimum absolute atomic E-state index is 0.800. The van der Waals surface area contributed by atoms with Crippen LogP contribution in [0.1, 0.15) is 0 Å². The van der Waals surface area contributed by atoms with Crippen molar-refractivity contribution in [1.29, 1.82) is 0 Å². The molecule has 0 heterocycles. The van der Waals surface area contributed by atoms with Crippen LogP contribution in [-0.4, -0.2) is 30.3 Å². The summed E-state index contributed by atoms with van der Waals surface area (Å²) >= 11 is -3.51. The van der Waals surface area contributed by atoms with Gasteiger partial charge in [0, 0.05) is 0 Å². The second kappa shape index (κ2) is 6.25. The first-order chi connectivity index (χ1) is 9.07. The average Bonchev–Trinajstić information content (AvgIpc) is 2.47. The molecule has 0 saturated heterocycles. The zero-order valence-electron chi connectivity index (χ0n) is 10.7. The normalized spacial score (nSPS) is 11.2. The van der Waals surface area contributed by atoms with Crippen LogP contribution < -0.4 is 16.6 Å². The standard InChI is InChI=1S/2C7H7O.2ClH.Sn/c2*1-8-7-5-3-2-4-6-7;;;/h2*3-6H,1H3;2*1H;/q;;;;+2/p-2. The van der Waals surface area contributed by atoms with Gasteiger partial charge in [0.2, 0.25) is 0 Å². The molecule has 2 nitrogen and oxygen atoms in total. The third kappa shape index (κ3) is 3.30. The summed E-state index contributed by atoms with van der Waals surface area (Å²) in [5.41, 5.74) is 0. The second-order valence-electron chi connectivity index (χ2n) is 4.03. The Morgan fingerprint density at radius 2 is 1.00 bits per heavy atom. The molecule has 0 saturated carbocycles. The number of hydrogen-bond donors (Lipinski definition) is 0.